The molecule has 0 amide bonds. The van der Waals surface area contributed by atoms with E-state index in [0.717, 1.165) is 25.9 Å². The van der Waals surface area contributed by atoms with Crippen LogP contribution in [0.4, 0.5) is 0 Å². The fraction of sp³-hybridized carbons (Fsp3) is 0.714. The molecule has 0 aromatic carbocycles. The van der Waals surface area contributed by atoms with Crippen LogP contribution < -0.4 is 5.73 Å². The number of nitrogens with two attached hydrogens (primary N) is 1. The van der Waals surface area contributed by atoms with Crippen LogP contribution in [-0.2, 0) is 0 Å². The van der Waals surface area contributed by atoms with Crippen LogP contribution in [0.15, 0.2) is 12.1 Å². The molecule has 3 atom stereocenters. The highest BCUT2D eigenvalue weighted by molar-refractivity contribution is 7.12. The molecule has 1 fully saturated rings. The minimum Gasteiger partial charge on any atom is -0.389 e. The van der Waals surface area contributed by atoms with Crippen LogP contribution in [0, 0.1) is 6.92 Å². The van der Waals surface area contributed by atoms with E-state index in [1.165, 1.54) is 9.75 Å². The maximum absolute atomic E-state index is 10.2. The molecule has 4 heteroatoms. The lowest BCUT2D eigenvalue weighted by Crippen LogP contribution is -2.50. The number of nitrogens with zero attached hydrogens (tertiary/aromatic N) is 1. The summed E-state index contributed by atoms with van der Waals surface area (Å²) >= 11 is 1.81. The van der Waals surface area contributed by atoms with E-state index < -0.39 is 5.60 Å². The first kappa shape index (κ1) is 14.0. The van der Waals surface area contributed by atoms with Crippen molar-refractivity contribution >= 4 is 11.3 Å². The van der Waals surface area contributed by atoms with Gasteiger partial charge in [0.1, 0.15) is 0 Å². The third-order valence-corrected chi connectivity index (χ3v) is 4.72. The second kappa shape index (κ2) is 5.29. The summed E-state index contributed by atoms with van der Waals surface area (Å²) in [5.74, 6) is 0. The highest BCUT2D eigenvalue weighted by Crippen LogP contribution is 2.33. The Balaban J connectivity index is 2.20. The van der Waals surface area contributed by atoms with Gasteiger partial charge in [-0.3, -0.25) is 4.90 Å². The SMILES string of the molecule is Cc1ccc(C(C(C)N)N2CCCC(C)(O)C2)s1. The first-order valence-electron chi connectivity index (χ1n) is 6.67. The van der Waals surface area contributed by atoms with Crippen LogP contribution in [0.1, 0.15) is 42.5 Å². The van der Waals surface area contributed by atoms with Crippen molar-refractivity contribution in [3.8, 4) is 0 Å². The number of thiophene rings is 1. The number of likely N-dealkylation sites (tertiary alicyclic amines) is 1. The fourth-order valence-electron chi connectivity index (χ4n) is 2.88. The maximum Gasteiger partial charge on any atom is 0.0746 e. The quantitative estimate of drug-likeness (QED) is 0.884. The Morgan fingerprint density at radius 2 is 2.22 bits per heavy atom. The van der Waals surface area contributed by atoms with E-state index in [0.29, 0.717) is 0 Å². The summed E-state index contributed by atoms with van der Waals surface area (Å²) in [4.78, 5) is 4.99. The van der Waals surface area contributed by atoms with Crippen molar-refractivity contribution in [1.29, 1.82) is 0 Å². The van der Waals surface area contributed by atoms with Crippen LogP contribution in [0.25, 0.3) is 0 Å². The Bertz CT molecular complexity index is 400. The van der Waals surface area contributed by atoms with Crippen molar-refractivity contribution in [3.63, 3.8) is 0 Å². The van der Waals surface area contributed by atoms with Crippen LogP contribution in [0.2, 0.25) is 0 Å². The molecule has 102 valence electrons. The Labute approximate surface area is 114 Å². The molecule has 0 bridgehead atoms. The number of rotatable bonds is 3. The predicted octanol–water partition coefficient (Wildman–Crippen LogP) is 2.29. The fourth-order valence-corrected chi connectivity index (χ4v) is 4.01. The Morgan fingerprint density at radius 1 is 1.50 bits per heavy atom. The summed E-state index contributed by atoms with van der Waals surface area (Å²) in [6, 6.07) is 4.64. The zero-order valence-corrected chi connectivity index (χ0v) is 12.3. The second-order valence-electron chi connectivity index (χ2n) is 5.82. The van der Waals surface area contributed by atoms with Crippen molar-refractivity contribution < 1.29 is 5.11 Å². The van der Waals surface area contributed by atoms with Crippen molar-refractivity contribution in [1.82, 2.24) is 4.90 Å². The highest BCUT2D eigenvalue weighted by Gasteiger charge is 2.34. The molecule has 1 aromatic heterocycles. The number of piperidine rings is 1. The Hall–Kier alpha value is -0.420. The zero-order chi connectivity index (χ0) is 13.3. The van der Waals surface area contributed by atoms with Gasteiger partial charge < -0.3 is 10.8 Å². The van der Waals surface area contributed by atoms with Crippen molar-refractivity contribution in [2.75, 3.05) is 13.1 Å². The molecule has 18 heavy (non-hydrogen) atoms. The number of hydrogen-bond donors (Lipinski definition) is 2. The molecule has 1 saturated heterocycles. The average molecular weight is 268 g/mol. The molecule has 2 rings (SSSR count). The van der Waals surface area contributed by atoms with Gasteiger partial charge in [0.15, 0.2) is 0 Å². The summed E-state index contributed by atoms with van der Waals surface area (Å²) < 4.78 is 0. The third kappa shape index (κ3) is 3.12. The molecule has 0 radical (unpaired) electrons. The van der Waals surface area contributed by atoms with Crippen molar-refractivity contribution in [3.05, 3.63) is 21.9 Å². The van der Waals surface area contributed by atoms with Crippen molar-refractivity contribution in [2.45, 2.75) is 51.3 Å². The van der Waals surface area contributed by atoms with E-state index in [2.05, 4.69) is 30.9 Å². The summed E-state index contributed by atoms with van der Waals surface area (Å²) in [7, 11) is 0. The molecule has 0 saturated carbocycles. The van der Waals surface area contributed by atoms with Crippen LogP contribution in [0.3, 0.4) is 0 Å². The van der Waals surface area contributed by atoms with Gasteiger partial charge in [-0.2, -0.15) is 0 Å². The first-order valence-corrected chi connectivity index (χ1v) is 7.49. The molecule has 2 heterocycles. The number of β-amino-alcohol motifs (C(OH)–C–C–N with tert-alkyl or cyclic N) is 1. The monoisotopic (exact) mass is 268 g/mol. The molecule has 3 nitrogen and oxygen atoms in total. The van der Waals surface area contributed by atoms with Gasteiger partial charge in [-0.25, -0.2) is 0 Å². The maximum atomic E-state index is 10.2. The predicted molar refractivity (Wildman–Crippen MR) is 76.9 cm³/mol. The van der Waals surface area contributed by atoms with Gasteiger partial charge in [0.25, 0.3) is 0 Å². The molecular formula is C14H24N2OS. The molecule has 1 aromatic rings. The molecule has 3 N–H and O–H groups in total. The van der Waals surface area contributed by atoms with Gasteiger partial charge in [-0.1, -0.05) is 0 Å². The van der Waals surface area contributed by atoms with Gasteiger partial charge in [-0.05, 0) is 52.3 Å². The largest absolute Gasteiger partial charge is 0.389 e. The standard InChI is InChI=1S/C14H24N2OS/c1-10-5-6-12(18-10)13(11(2)15)16-8-4-7-14(3,17)9-16/h5-6,11,13,17H,4,7-9,15H2,1-3H3. The topological polar surface area (TPSA) is 49.5 Å². The van der Waals surface area contributed by atoms with Gasteiger partial charge in [0.2, 0.25) is 0 Å². The molecule has 0 spiro atoms. The third-order valence-electron chi connectivity index (χ3n) is 3.65. The Kier molecular flexibility index (Phi) is 4.11. The zero-order valence-electron chi connectivity index (χ0n) is 11.5. The lowest BCUT2D eigenvalue weighted by molar-refractivity contribution is -0.0328. The summed E-state index contributed by atoms with van der Waals surface area (Å²) in [5.41, 5.74) is 5.61. The number of aliphatic hydroxyl groups is 1. The van der Waals surface area contributed by atoms with E-state index in [1.807, 2.05) is 18.3 Å². The number of hydrogen-bond acceptors (Lipinski definition) is 4. The second-order valence-corrected chi connectivity index (χ2v) is 7.14. The van der Waals surface area contributed by atoms with Crippen molar-refractivity contribution in [2.24, 2.45) is 5.73 Å². The van der Waals surface area contributed by atoms with Crippen LogP contribution in [0.5, 0.6) is 0 Å². The average Bonchev–Trinajstić information content (AvgIpc) is 2.63. The summed E-state index contributed by atoms with van der Waals surface area (Å²) in [6.07, 6.45) is 1.93. The molecule has 1 aliphatic heterocycles. The lowest BCUT2D eigenvalue weighted by Gasteiger charge is -2.42. The van der Waals surface area contributed by atoms with Gasteiger partial charge >= 0.3 is 0 Å². The molecule has 0 aliphatic carbocycles. The molecule has 3 unspecified atom stereocenters. The normalized spacial score (nSPS) is 29.2. The van der Waals surface area contributed by atoms with Crippen LogP contribution in [-0.4, -0.2) is 34.7 Å². The van der Waals surface area contributed by atoms with E-state index in [1.54, 1.807) is 0 Å². The molecule has 1 aliphatic rings. The number of aryl methyl sites for hydroxylation is 1. The van der Waals surface area contributed by atoms with Gasteiger partial charge in [0.05, 0.1) is 11.6 Å². The smallest absolute Gasteiger partial charge is 0.0746 e. The summed E-state index contributed by atoms with van der Waals surface area (Å²) in [6.45, 7) is 7.86. The van der Waals surface area contributed by atoms with E-state index in [9.17, 15) is 5.11 Å². The minimum atomic E-state index is -0.572. The summed E-state index contributed by atoms with van der Waals surface area (Å²) in [5, 5.41) is 10.2. The Morgan fingerprint density at radius 3 is 2.72 bits per heavy atom. The first-order chi connectivity index (χ1) is 8.39. The van der Waals surface area contributed by atoms with Gasteiger partial charge in [-0.15, -0.1) is 11.3 Å². The minimum absolute atomic E-state index is 0.0805. The van der Waals surface area contributed by atoms with E-state index in [-0.39, 0.29) is 12.1 Å². The molecular weight excluding hydrogens is 244 g/mol. The van der Waals surface area contributed by atoms with Gasteiger partial charge in [0, 0.05) is 22.3 Å². The van der Waals surface area contributed by atoms with E-state index >= 15 is 0 Å². The van der Waals surface area contributed by atoms with E-state index in [4.69, 9.17) is 5.73 Å². The highest BCUT2D eigenvalue weighted by atomic mass is 32.1. The lowest BCUT2D eigenvalue weighted by atomic mass is 9.92. The van der Waals surface area contributed by atoms with Crippen LogP contribution >= 0.6 is 11.3 Å².